The average molecular weight is 229 g/mol. The number of halogens is 2. The van der Waals surface area contributed by atoms with Gasteiger partial charge in [-0.1, -0.05) is 0 Å². The number of aryl methyl sites for hydroxylation is 1. The Balaban J connectivity index is 2.93. The number of pyridine rings is 1. The summed E-state index contributed by atoms with van der Waals surface area (Å²) in [7, 11) is 0. The summed E-state index contributed by atoms with van der Waals surface area (Å²) in [5.41, 5.74) is 1.42. The fourth-order valence-electron chi connectivity index (χ4n) is 1.14. The van der Waals surface area contributed by atoms with Gasteiger partial charge in [-0.25, -0.2) is 8.91 Å². The minimum absolute atomic E-state index is 0.251. The summed E-state index contributed by atoms with van der Waals surface area (Å²) >= 11 is 3.19. The summed E-state index contributed by atoms with van der Waals surface area (Å²) in [6, 6.07) is 4.79. The van der Waals surface area contributed by atoms with Crippen molar-refractivity contribution in [3.05, 3.63) is 34.3 Å². The molecule has 0 saturated carbocycles. The van der Waals surface area contributed by atoms with E-state index < -0.39 is 0 Å². The summed E-state index contributed by atoms with van der Waals surface area (Å²) in [4.78, 5) is 0. The Bertz CT molecular complexity index is 397. The summed E-state index contributed by atoms with van der Waals surface area (Å²) in [5, 5.41) is 4.07. The second-order valence-electron chi connectivity index (χ2n) is 2.59. The molecule has 0 N–H and O–H groups in total. The lowest BCUT2D eigenvalue weighted by Gasteiger charge is -1.97. The van der Waals surface area contributed by atoms with E-state index in [-0.39, 0.29) is 5.82 Å². The summed E-state index contributed by atoms with van der Waals surface area (Å²) in [5.74, 6) is -0.251. The monoisotopic (exact) mass is 228 g/mol. The van der Waals surface area contributed by atoms with Gasteiger partial charge in [-0.3, -0.25) is 0 Å². The first-order chi connectivity index (χ1) is 5.68. The molecule has 0 radical (unpaired) electrons. The normalized spacial score (nSPS) is 10.9. The quantitative estimate of drug-likeness (QED) is 0.678. The van der Waals surface area contributed by atoms with Crippen molar-refractivity contribution in [2.24, 2.45) is 0 Å². The smallest absolute Gasteiger partial charge is 0.149 e. The zero-order valence-corrected chi connectivity index (χ0v) is 7.97. The average Bonchev–Trinajstić information content (AvgIpc) is 2.41. The number of nitrogens with zero attached hydrogens (tertiary/aromatic N) is 2. The molecule has 0 saturated heterocycles. The van der Waals surface area contributed by atoms with Gasteiger partial charge in [0, 0.05) is 11.8 Å². The molecule has 0 aliphatic heterocycles. The first-order valence-corrected chi connectivity index (χ1v) is 4.28. The lowest BCUT2D eigenvalue weighted by molar-refractivity contribution is 0.628. The van der Waals surface area contributed by atoms with E-state index in [0.717, 1.165) is 5.69 Å². The number of aromatic nitrogens is 2. The van der Waals surface area contributed by atoms with Crippen molar-refractivity contribution < 1.29 is 4.39 Å². The molecule has 2 nitrogen and oxygen atoms in total. The van der Waals surface area contributed by atoms with E-state index in [4.69, 9.17) is 0 Å². The highest BCUT2D eigenvalue weighted by Crippen LogP contribution is 2.16. The lowest BCUT2D eigenvalue weighted by atomic mass is 10.3. The Morgan fingerprint density at radius 3 is 2.92 bits per heavy atom. The standard InChI is InChI=1S/C8H6BrFN2/c1-5-2-3-6(10)7-4-8(9)11-12(5)7/h2-4H,1H3. The molecule has 2 heterocycles. The van der Waals surface area contributed by atoms with Gasteiger partial charge in [0.05, 0.1) is 0 Å². The molecule has 0 aliphatic rings. The first kappa shape index (κ1) is 7.73. The number of hydrogen-bond acceptors (Lipinski definition) is 1. The maximum atomic E-state index is 13.1. The maximum Gasteiger partial charge on any atom is 0.149 e. The third-order valence-electron chi connectivity index (χ3n) is 1.73. The minimum atomic E-state index is -0.251. The lowest BCUT2D eigenvalue weighted by Crippen LogP contribution is -1.94. The zero-order chi connectivity index (χ0) is 8.72. The Labute approximate surface area is 77.1 Å². The summed E-state index contributed by atoms with van der Waals surface area (Å²) in [6.45, 7) is 1.88. The van der Waals surface area contributed by atoms with Crippen molar-refractivity contribution in [1.29, 1.82) is 0 Å². The van der Waals surface area contributed by atoms with E-state index in [2.05, 4.69) is 21.0 Å². The Kier molecular flexibility index (Phi) is 1.65. The fraction of sp³-hybridized carbons (Fsp3) is 0.125. The van der Waals surface area contributed by atoms with Crippen molar-refractivity contribution in [1.82, 2.24) is 9.61 Å². The number of rotatable bonds is 0. The van der Waals surface area contributed by atoms with Crippen LogP contribution in [0.4, 0.5) is 4.39 Å². The van der Waals surface area contributed by atoms with E-state index in [9.17, 15) is 4.39 Å². The molecule has 2 aromatic rings. The highest BCUT2D eigenvalue weighted by molar-refractivity contribution is 9.10. The summed E-state index contributed by atoms with van der Waals surface area (Å²) < 4.78 is 15.3. The van der Waals surface area contributed by atoms with Gasteiger partial charge in [-0.15, -0.1) is 0 Å². The van der Waals surface area contributed by atoms with Gasteiger partial charge >= 0.3 is 0 Å². The number of fused-ring (bicyclic) bond motifs is 1. The molecule has 0 fully saturated rings. The molecule has 62 valence electrons. The first-order valence-electron chi connectivity index (χ1n) is 3.49. The van der Waals surface area contributed by atoms with Crippen molar-refractivity contribution in [3.8, 4) is 0 Å². The highest BCUT2D eigenvalue weighted by Gasteiger charge is 2.05. The van der Waals surface area contributed by atoms with Crippen LogP contribution >= 0.6 is 15.9 Å². The zero-order valence-electron chi connectivity index (χ0n) is 6.38. The third-order valence-corrected chi connectivity index (χ3v) is 2.12. The largest absolute Gasteiger partial charge is 0.234 e. The van der Waals surface area contributed by atoms with Crippen LogP contribution in [0, 0.1) is 12.7 Å². The van der Waals surface area contributed by atoms with Crippen LogP contribution < -0.4 is 0 Å². The van der Waals surface area contributed by atoms with Crippen LogP contribution in [0.15, 0.2) is 22.8 Å². The molecular weight excluding hydrogens is 223 g/mol. The van der Waals surface area contributed by atoms with Crippen LogP contribution in [0.1, 0.15) is 5.69 Å². The van der Waals surface area contributed by atoms with Crippen LogP contribution in [-0.2, 0) is 0 Å². The van der Waals surface area contributed by atoms with Crippen molar-refractivity contribution >= 4 is 21.4 Å². The summed E-state index contributed by atoms with van der Waals surface area (Å²) in [6.07, 6.45) is 0. The van der Waals surface area contributed by atoms with Gasteiger partial charge in [0.25, 0.3) is 0 Å². The van der Waals surface area contributed by atoms with Crippen molar-refractivity contribution in [2.45, 2.75) is 6.92 Å². The Hall–Kier alpha value is -0.900. The fourth-order valence-corrected chi connectivity index (χ4v) is 1.52. The molecule has 2 rings (SSSR count). The van der Waals surface area contributed by atoms with Crippen LogP contribution in [0.25, 0.3) is 5.52 Å². The number of hydrogen-bond donors (Lipinski definition) is 0. The van der Waals surface area contributed by atoms with Crippen LogP contribution in [0.3, 0.4) is 0 Å². The minimum Gasteiger partial charge on any atom is -0.234 e. The van der Waals surface area contributed by atoms with Gasteiger partial charge < -0.3 is 0 Å². The molecule has 0 aliphatic carbocycles. The molecule has 12 heavy (non-hydrogen) atoms. The molecular formula is C8H6BrFN2. The van der Waals surface area contributed by atoms with E-state index in [0.29, 0.717) is 10.1 Å². The van der Waals surface area contributed by atoms with Gasteiger partial charge in [0.15, 0.2) is 0 Å². The molecule has 0 bridgehead atoms. The van der Waals surface area contributed by atoms with Gasteiger partial charge in [-0.05, 0) is 35.0 Å². The molecule has 0 aromatic carbocycles. The molecule has 0 amide bonds. The van der Waals surface area contributed by atoms with Gasteiger partial charge in [0.2, 0.25) is 0 Å². The Morgan fingerprint density at radius 1 is 1.50 bits per heavy atom. The predicted octanol–water partition coefficient (Wildman–Crippen LogP) is 2.54. The topological polar surface area (TPSA) is 17.3 Å². The van der Waals surface area contributed by atoms with E-state index in [1.54, 1.807) is 16.6 Å². The van der Waals surface area contributed by atoms with E-state index in [1.807, 2.05) is 6.92 Å². The SMILES string of the molecule is Cc1ccc(F)c2cc(Br)nn12. The molecule has 4 heteroatoms. The van der Waals surface area contributed by atoms with Crippen molar-refractivity contribution in [2.75, 3.05) is 0 Å². The van der Waals surface area contributed by atoms with E-state index >= 15 is 0 Å². The molecule has 0 atom stereocenters. The maximum absolute atomic E-state index is 13.1. The molecule has 0 unspecified atom stereocenters. The second kappa shape index (κ2) is 2.55. The third kappa shape index (κ3) is 1.03. The second-order valence-corrected chi connectivity index (χ2v) is 3.40. The highest BCUT2D eigenvalue weighted by atomic mass is 79.9. The van der Waals surface area contributed by atoms with Crippen LogP contribution in [-0.4, -0.2) is 9.61 Å². The predicted molar refractivity (Wildman–Crippen MR) is 47.6 cm³/mol. The molecule has 2 aromatic heterocycles. The van der Waals surface area contributed by atoms with Crippen LogP contribution in [0.2, 0.25) is 0 Å². The van der Waals surface area contributed by atoms with Crippen molar-refractivity contribution in [3.63, 3.8) is 0 Å². The van der Waals surface area contributed by atoms with Gasteiger partial charge in [0.1, 0.15) is 15.9 Å². The Morgan fingerprint density at radius 2 is 2.25 bits per heavy atom. The van der Waals surface area contributed by atoms with E-state index in [1.165, 1.54) is 6.07 Å². The van der Waals surface area contributed by atoms with Gasteiger partial charge in [-0.2, -0.15) is 5.10 Å². The van der Waals surface area contributed by atoms with Crippen LogP contribution in [0.5, 0.6) is 0 Å². The molecule has 0 spiro atoms.